The number of hydrogen-bond donors (Lipinski definition) is 0. The molecular formula is C17H17ClN4O4. The van der Waals surface area contributed by atoms with Crippen LogP contribution in [0.25, 0.3) is 0 Å². The van der Waals surface area contributed by atoms with Gasteiger partial charge in [0.15, 0.2) is 0 Å². The number of non-ortho nitro benzene ring substituents is 1. The minimum atomic E-state index is -0.535. The molecule has 2 heterocycles. The summed E-state index contributed by atoms with van der Waals surface area (Å²) in [5, 5.41) is 19.4. The number of nitrogens with zero attached hydrogens (tertiary/aromatic N) is 4. The molecule has 9 heteroatoms. The van der Waals surface area contributed by atoms with Crippen molar-refractivity contribution in [3.05, 3.63) is 50.7 Å². The second-order valence-electron chi connectivity index (χ2n) is 6.74. The molecular weight excluding hydrogens is 360 g/mol. The van der Waals surface area contributed by atoms with Gasteiger partial charge >= 0.3 is 0 Å². The van der Waals surface area contributed by atoms with E-state index >= 15 is 0 Å². The van der Waals surface area contributed by atoms with Crippen LogP contribution in [0, 0.1) is 10.1 Å². The van der Waals surface area contributed by atoms with Gasteiger partial charge in [0.2, 0.25) is 11.8 Å². The van der Waals surface area contributed by atoms with Crippen molar-refractivity contribution in [2.45, 2.75) is 37.5 Å². The fraction of sp³-hybridized carbons (Fsp3) is 0.471. The van der Waals surface area contributed by atoms with Gasteiger partial charge in [-0.2, -0.15) is 0 Å². The number of hydrogen-bond acceptors (Lipinski definition) is 6. The SMILES string of the molecule is O=C(c1cc([N+](=O)[O-])ccc1Cl)N1CCC(c2nnc(C3CC3)o2)CC1. The van der Waals surface area contributed by atoms with E-state index in [1.807, 2.05) is 0 Å². The highest BCUT2D eigenvalue weighted by molar-refractivity contribution is 6.33. The molecule has 0 radical (unpaired) electrons. The van der Waals surface area contributed by atoms with Crippen molar-refractivity contribution in [2.24, 2.45) is 0 Å². The summed E-state index contributed by atoms with van der Waals surface area (Å²) < 4.78 is 5.77. The molecule has 2 aromatic rings. The molecule has 1 amide bonds. The van der Waals surface area contributed by atoms with Crippen molar-refractivity contribution < 1.29 is 14.1 Å². The highest BCUT2D eigenvalue weighted by atomic mass is 35.5. The predicted octanol–water partition coefficient (Wildman–Crippen LogP) is 3.53. The average Bonchev–Trinajstić information content (AvgIpc) is 3.38. The molecule has 0 bridgehead atoms. The zero-order valence-corrected chi connectivity index (χ0v) is 14.7. The normalized spacial score (nSPS) is 18.1. The lowest BCUT2D eigenvalue weighted by molar-refractivity contribution is -0.384. The first kappa shape index (κ1) is 17.0. The highest BCUT2D eigenvalue weighted by Crippen LogP contribution is 2.40. The van der Waals surface area contributed by atoms with Crippen molar-refractivity contribution >= 4 is 23.2 Å². The van der Waals surface area contributed by atoms with Gasteiger partial charge in [-0.05, 0) is 31.7 Å². The number of likely N-dealkylation sites (tertiary alicyclic amines) is 1. The van der Waals surface area contributed by atoms with Crippen LogP contribution >= 0.6 is 11.6 Å². The van der Waals surface area contributed by atoms with Gasteiger partial charge < -0.3 is 9.32 Å². The molecule has 1 aromatic carbocycles. The largest absolute Gasteiger partial charge is 0.425 e. The molecule has 1 aromatic heterocycles. The van der Waals surface area contributed by atoms with Gasteiger partial charge in [-0.3, -0.25) is 14.9 Å². The van der Waals surface area contributed by atoms with E-state index in [9.17, 15) is 14.9 Å². The molecule has 1 aliphatic carbocycles. The van der Waals surface area contributed by atoms with Gasteiger partial charge in [0.05, 0.1) is 15.5 Å². The van der Waals surface area contributed by atoms with E-state index < -0.39 is 4.92 Å². The maximum atomic E-state index is 12.7. The Hall–Kier alpha value is -2.48. The Morgan fingerprint density at radius 1 is 1.15 bits per heavy atom. The van der Waals surface area contributed by atoms with Crippen molar-refractivity contribution in [1.82, 2.24) is 15.1 Å². The molecule has 1 aliphatic heterocycles. The minimum Gasteiger partial charge on any atom is -0.425 e. The van der Waals surface area contributed by atoms with Gasteiger partial charge in [0.25, 0.3) is 11.6 Å². The molecule has 0 unspecified atom stereocenters. The third-order valence-electron chi connectivity index (χ3n) is 4.91. The fourth-order valence-corrected chi connectivity index (χ4v) is 3.40. The van der Waals surface area contributed by atoms with Gasteiger partial charge in [-0.25, -0.2) is 0 Å². The van der Waals surface area contributed by atoms with Crippen LogP contribution in [-0.4, -0.2) is 39.0 Å². The summed E-state index contributed by atoms with van der Waals surface area (Å²) in [5.74, 6) is 1.64. The zero-order valence-electron chi connectivity index (χ0n) is 13.9. The van der Waals surface area contributed by atoms with Crippen molar-refractivity contribution in [3.63, 3.8) is 0 Å². The lowest BCUT2D eigenvalue weighted by atomic mass is 9.96. The Bertz CT molecular complexity index is 856. The van der Waals surface area contributed by atoms with E-state index in [0.29, 0.717) is 37.7 Å². The van der Waals surface area contributed by atoms with E-state index in [1.54, 1.807) is 4.90 Å². The molecule has 0 atom stereocenters. The molecule has 26 heavy (non-hydrogen) atoms. The van der Waals surface area contributed by atoms with Gasteiger partial charge in [0.1, 0.15) is 0 Å². The Balaban J connectivity index is 1.43. The summed E-state index contributed by atoms with van der Waals surface area (Å²) in [6, 6.07) is 3.91. The van der Waals surface area contributed by atoms with E-state index in [2.05, 4.69) is 10.2 Å². The molecule has 136 valence electrons. The maximum Gasteiger partial charge on any atom is 0.270 e. The van der Waals surface area contributed by atoms with Gasteiger partial charge in [-0.1, -0.05) is 11.6 Å². The first-order valence-electron chi connectivity index (χ1n) is 8.59. The van der Waals surface area contributed by atoms with Crippen molar-refractivity contribution in [1.29, 1.82) is 0 Å². The summed E-state index contributed by atoms with van der Waals surface area (Å²) in [7, 11) is 0. The molecule has 1 saturated heterocycles. The first-order chi connectivity index (χ1) is 12.5. The van der Waals surface area contributed by atoms with Gasteiger partial charge in [-0.15, -0.1) is 10.2 Å². The third kappa shape index (κ3) is 3.29. The number of aromatic nitrogens is 2. The smallest absolute Gasteiger partial charge is 0.270 e. The molecule has 4 rings (SSSR count). The van der Waals surface area contributed by atoms with Crippen LogP contribution in [0.1, 0.15) is 59.7 Å². The Morgan fingerprint density at radius 3 is 2.35 bits per heavy atom. The van der Waals surface area contributed by atoms with Crippen molar-refractivity contribution in [3.8, 4) is 0 Å². The second-order valence-corrected chi connectivity index (χ2v) is 7.15. The van der Waals surface area contributed by atoms with E-state index in [4.69, 9.17) is 16.0 Å². The van der Waals surface area contributed by atoms with Crippen LogP contribution in [-0.2, 0) is 0 Å². The lowest BCUT2D eigenvalue weighted by Gasteiger charge is -2.30. The molecule has 0 spiro atoms. The average molecular weight is 377 g/mol. The van der Waals surface area contributed by atoms with Gasteiger partial charge in [0, 0.05) is 37.1 Å². The van der Waals surface area contributed by atoms with Crippen LogP contribution in [0.5, 0.6) is 0 Å². The summed E-state index contributed by atoms with van der Waals surface area (Å²) in [4.78, 5) is 24.8. The number of halogens is 1. The molecule has 0 N–H and O–H groups in total. The molecule has 2 fully saturated rings. The predicted molar refractivity (Wildman–Crippen MR) is 92.3 cm³/mol. The number of amides is 1. The number of nitro benzene ring substituents is 1. The summed E-state index contributed by atoms with van der Waals surface area (Å²) in [6.45, 7) is 1.04. The molecule has 1 saturated carbocycles. The minimum absolute atomic E-state index is 0.139. The zero-order chi connectivity index (χ0) is 18.3. The number of benzene rings is 1. The Labute approximate surface area is 154 Å². The first-order valence-corrected chi connectivity index (χ1v) is 8.97. The molecule has 2 aliphatic rings. The van der Waals surface area contributed by atoms with E-state index in [-0.39, 0.29) is 28.1 Å². The monoisotopic (exact) mass is 376 g/mol. The quantitative estimate of drug-likeness (QED) is 0.597. The molecule has 8 nitrogen and oxygen atoms in total. The number of carbonyl (C=O) groups excluding carboxylic acids is 1. The van der Waals surface area contributed by atoms with Crippen LogP contribution in [0.2, 0.25) is 5.02 Å². The van der Waals surface area contributed by atoms with E-state index in [1.165, 1.54) is 18.2 Å². The lowest BCUT2D eigenvalue weighted by Crippen LogP contribution is -2.38. The Morgan fingerprint density at radius 2 is 1.77 bits per heavy atom. The highest BCUT2D eigenvalue weighted by Gasteiger charge is 2.33. The van der Waals surface area contributed by atoms with Crippen molar-refractivity contribution in [2.75, 3.05) is 13.1 Å². The topological polar surface area (TPSA) is 102 Å². The third-order valence-corrected chi connectivity index (χ3v) is 5.24. The number of nitro groups is 1. The van der Waals surface area contributed by atoms with Crippen LogP contribution in [0.15, 0.2) is 22.6 Å². The van der Waals surface area contributed by atoms with Crippen LogP contribution < -0.4 is 0 Å². The maximum absolute atomic E-state index is 12.7. The van der Waals surface area contributed by atoms with Crippen LogP contribution in [0.3, 0.4) is 0 Å². The second kappa shape index (κ2) is 6.68. The fourth-order valence-electron chi connectivity index (χ4n) is 3.20. The number of carbonyl (C=O) groups is 1. The summed E-state index contributed by atoms with van der Waals surface area (Å²) >= 11 is 6.07. The van der Waals surface area contributed by atoms with E-state index in [0.717, 1.165) is 18.7 Å². The van der Waals surface area contributed by atoms with Crippen LogP contribution in [0.4, 0.5) is 5.69 Å². The Kier molecular flexibility index (Phi) is 4.36. The number of rotatable bonds is 4. The number of piperidine rings is 1. The summed E-state index contributed by atoms with van der Waals surface area (Å²) in [5.41, 5.74) is 0.0132. The standard InChI is InChI=1S/C17H17ClN4O4/c18-14-4-3-12(22(24)25)9-13(14)17(23)21-7-5-11(6-8-21)16-20-19-15(26-16)10-1-2-10/h3-4,9-11H,1-2,5-8H2. The summed E-state index contributed by atoms with van der Waals surface area (Å²) in [6.07, 6.45) is 3.65.